The summed E-state index contributed by atoms with van der Waals surface area (Å²) in [4.78, 5) is 7.30. The Morgan fingerprint density at radius 1 is 0.558 bits per heavy atom. The SMILES string of the molecule is Cn1[c](=[Pt])n(-c2cccc(N(c3cccc(-c4cc(C(C)(C)C)ccn4)c3)c3c(-c4ccccc4)cccc3-c3ccccc3)c2)c2ccccc21. The number of hydrogen-bond donors (Lipinski definition) is 0. The number of para-hydroxylation sites is 3. The Kier molecular flexibility index (Phi) is 8.95. The Balaban J connectivity index is 1.42. The molecule has 0 amide bonds. The minimum absolute atomic E-state index is 0.0117. The molecule has 8 aromatic rings. The molecule has 0 aliphatic heterocycles. The molecule has 0 saturated carbocycles. The summed E-state index contributed by atoms with van der Waals surface area (Å²) in [6.07, 6.45) is 1.94. The van der Waals surface area contributed by atoms with Crippen LogP contribution in [0.3, 0.4) is 0 Å². The van der Waals surface area contributed by atoms with Gasteiger partial charge in [0.1, 0.15) is 0 Å². The first kappa shape index (κ1) is 33.6. The molecule has 0 radical (unpaired) electrons. The van der Waals surface area contributed by atoms with Crippen molar-refractivity contribution in [2.75, 3.05) is 4.90 Å². The van der Waals surface area contributed by atoms with Crippen LogP contribution in [-0.4, -0.2) is 14.1 Å². The van der Waals surface area contributed by atoms with Crippen molar-refractivity contribution in [1.82, 2.24) is 14.1 Å². The van der Waals surface area contributed by atoms with Crippen LogP contribution >= 0.6 is 0 Å². The molecule has 0 spiro atoms. The summed E-state index contributed by atoms with van der Waals surface area (Å²) in [7, 11) is 2.13. The van der Waals surface area contributed by atoms with Gasteiger partial charge in [0, 0.05) is 0 Å². The van der Waals surface area contributed by atoms with Crippen LogP contribution in [-0.2, 0) is 31.8 Å². The van der Waals surface area contributed by atoms with Crippen molar-refractivity contribution in [1.29, 1.82) is 0 Å². The Labute approximate surface area is 316 Å². The number of benzene rings is 6. The number of aromatic nitrogens is 3. The molecule has 0 unspecified atom stereocenters. The Bertz CT molecular complexity index is 2540. The van der Waals surface area contributed by atoms with Crippen LogP contribution in [0.15, 0.2) is 170 Å². The van der Waals surface area contributed by atoms with Gasteiger partial charge in [-0.15, -0.1) is 0 Å². The van der Waals surface area contributed by atoms with Gasteiger partial charge in [0.15, 0.2) is 0 Å². The van der Waals surface area contributed by atoms with Crippen molar-refractivity contribution in [2.24, 2.45) is 7.05 Å². The van der Waals surface area contributed by atoms with E-state index in [2.05, 4.69) is 225 Å². The maximum atomic E-state index is 4.87. The normalized spacial score (nSPS) is 11.6. The van der Waals surface area contributed by atoms with Crippen LogP contribution in [0, 0.1) is 3.80 Å². The van der Waals surface area contributed by atoms with Gasteiger partial charge in [-0.25, -0.2) is 0 Å². The Morgan fingerprint density at radius 3 is 1.77 bits per heavy atom. The standard InChI is InChI=1S/C47H40N4.Pt/c1-47(2,3)37-28-29-48-43(31-37)36-20-13-22-39(30-36)51(40-23-14-21-38(32-40)50-33-49(4)44-26-11-12-27-45(44)50)46-41(34-16-7-5-8-17-34)24-15-25-42(46)35-18-9-6-10-19-35;/h5-32H,1-4H3;. The second kappa shape index (κ2) is 13.9. The van der Waals surface area contributed by atoms with E-state index in [1.54, 1.807) is 0 Å². The number of anilines is 3. The molecule has 0 aliphatic carbocycles. The third-order valence-corrected chi connectivity index (χ3v) is 11.0. The zero-order chi connectivity index (χ0) is 35.8. The van der Waals surface area contributed by atoms with E-state index in [4.69, 9.17) is 4.98 Å². The van der Waals surface area contributed by atoms with E-state index in [9.17, 15) is 0 Å². The van der Waals surface area contributed by atoms with Gasteiger partial charge in [-0.1, -0.05) is 20.8 Å². The molecule has 0 N–H and O–H groups in total. The topological polar surface area (TPSA) is 26.0 Å². The summed E-state index contributed by atoms with van der Waals surface area (Å²) in [6.45, 7) is 6.74. The summed E-state index contributed by atoms with van der Waals surface area (Å²) in [5.41, 5.74) is 14.6. The van der Waals surface area contributed by atoms with E-state index in [1.165, 1.54) is 16.6 Å². The van der Waals surface area contributed by atoms with E-state index in [0.29, 0.717) is 0 Å². The van der Waals surface area contributed by atoms with Gasteiger partial charge in [-0.05, 0) is 11.5 Å². The van der Waals surface area contributed by atoms with Crippen LogP contribution in [0.5, 0.6) is 0 Å². The quantitative estimate of drug-likeness (QED) is 0.160. The molecule has 2 heterocycles. The summed E-state index contributed by atoms with van der Waals surface area (Å²) in [5.74, 6) is 0. The second-order valence-electron chi connectivity index (χ2n) is 14.1. The first-order chi connectivity index (χ1) is 25.3. The van der Waals surface area contributed by atoms with E-state index < -0.39 is 0 Å². The van der Waals surface area contributed by atoms with Gasteiger partial charge in [0.05, 0.1) is 0 Å². The van der Waals surface area contributed by atoms with Crippen LogP contribution in [0.2, 0.25) is 0 Å². The molecular weight excluding hydrogens is 816 g/mol. The minimum atomic E-state index is 0.0117. The van der Waals surface area contributed by atoms with Crippen molar-refractivity contribution in [3.05, 3.63) is 179 Å². The average molecular weight is 856 g/mol. The van der Waals surface area contributed by atoms with Gasteiger partial charge >= 0.3 is 286 Å². The number of fused-ring (bicyclic) bond motifs is 1. The fourth-order valence-corrected chi connectivity index (χ4v) is 7.87. The molecule has 258 valence electrons. The van der Waals surface area contributed by atoms with Crippen LogP contribution < -0.4 is 4.90 Å². The van der Waals surface area contributed by atoms with Crippen molar-refractivity contribution in [2.45, 2.75) is 26.2 Å². The van der Waals surface area contributed by atoms with E-state index >= 15 is 0 Å². The van der Waals surface area contributed by atoms with E-state index in [-0.39, 0.29) is 5.41 Å². The zero-order valence-corrected chi connectivity index (χ0v) is 32.0. The van der Waals surface area contributed by atoms with Gasteiger partial charge in [-0.2, -0.15) is 0 Å². The Hall–Kier alpha value is -5.57. The second-order valence-corrected chi connectivity index (χ2v) is 15.2. The van der Waals surface area contributed by atoms with Crippen LogP contribution in [0.4, 0.5) is 17.1 Å². The van der Waals surface area contributed by atoms with Crippen LogP contribution in [0.1, 0.15) is 26.3 Å². The third-order valence-electron chi connectivity index (χ3n) is 9.71. The van der Waals surface area contributed by atoms with Crippen molar-refractivity contribution >= 4 is 28.1 Å². The first-order valence-electron chi connectivity index (χ1n) is 17.6. The van der Waals surface area contributed by atoms with Crippen molar-refractivity contribution in [3.8, 4) is 39.2 Å². The molecule has 0 bridgehead atoms. The molecule has 2 aromatic heterocycles. The fourth-order valence-electron chi connectivity index (χ4n) is 7.03. The predicted molar refractivity (Wildman–Crippen MR) is 213 cm³/mol. The molecule has 4 nitrogen and oxygen atoms in total. The molecule has 8 rings (SSSR count). The zero-order valence-electron chi connectivity index (χ0n) is 29.8. The van der Waals surface area contributed by atoms with Crippen molar-refractivity contribution < 1.29 is 19.4 Å². The summed E-state index contributed by atoms with van der Waals surface area (Å²) in [5, 5.41) is 0. The average Bonchev–Trinajstić information content (AvgIpc) is 3.44. The fraction of sp³-hybridized carbons (Fsp3) is 0.106. The molecule has 0 aliphatic rings. The van der Waals surface area contributed by atoms with Crippen molar-refractivity contribution in [3.63, 3.8) is 0 Å². The number of rotatable bonds is 7. The van der Waals surface area contributed by atoms with E-state index in [0.717, 1.165) is 60.1 Å². The Morgan fingerprint density at radius 2 is 1.12 bits per heavy atom. The number of nitrogens with zero attached hydrogens (tertiary/aromatic N) is 4. The number of pyridine rings is 1. The summed E-state index contributed by atoms with van der Waals surface area (Å²) < 4.78 is 5.73. The van der Waals surface area contributed by atoms with E-state index in [1.807, 2.05) is 6.20 Å². The first-order valence-corrected chi connectivity index (χ1v) is 18.7. The van der Waals surface area contributed by atoms with Gasteiger partial charge in [0.25, 0.3) is 0 Å². The molecule has 0 fully saturated rings. The number of hydrogen-bond acceptors (Lipinski definition) is 2. The molecule has 0 atom stereocenters. The van der Waals surface area contributed by atoms with Crippen LogP contribution in [0.25, 0.3) is 50.2 Å². The monoisotopic (exact) mass is 855 g/mol. The third kappa shape index (κ3) is 6.29. The van der Waals surface area contributed by atoms with Gasteiger partial charge < -0.3 is 0 Å². The molecule has 5 heteroatoms. The van der Waals surface area contributed by atoms with Gasteiger partial charge in [-0.3, -0.25) is 0 Å². The number of aryl methyl sites for hydroxylation is 1. The summed E-state index contributed by atoms with van der Waals surface area (Å²) in [6, 6.07) is 58.8. The molecule has 52 heavy (non-hydrogen) atoms. The summed E-state index contributed by atoms with van der Waals surface area (Å²) >= 11 is 2.44. The molecule has 6 aromatic carbocycles. The van der Waals surface area contributed by atoms with Gasteiger partial charge in [0.2, 0.25) is 0 Å². The number of imidazole rings is 1. The molecular formula is C47H40N4Pt. The maximum absolute atomic E-state index is 4.87. The predicted octanol–water partition coefficient (Wildman–Crippen LogP) is 12.2. The molecule has 0 saturated heterocycles.